The summed E-state index contributed by atoms with van der Waals surface area (Å²) in [6.45, 7) is 6.56. The van der Waals surface area contributed by atoms with Crippen LogP contribution >= 0.6 is 0 Å². The first-order valence-electron chi connectivity index (χ1n) is 15.1. The van der Waals surface area contributed by atoms with E-state index in [-0.39, 0.29) is 0 Å². The number of imidazole rings is 1. The minimum atomic E-state index is -0.886. The highest BCUT2D eigenvalue weighted by Gasteiger charge is 2.31. The Kier molecular flexibility index (Phi) is 9.98. The van der Waals surface area contributed by atoms with Crippen LogP contribution in [0, 0.1) is 0 Å². The summed E-state index contributed by atoms with van der Waals surface area (Å²) in [5.74, 6) is -0.230. The average Bonchev–Trinajstić information content (AvgIpc) is 3.74. The molecule has 0 aliphatic rings. The minimum absolute atomic E-state index is 0.383. The largest absolute Gasteiger partial charge is 0.353 e. The van der Waals surface area contributed by atoms with E-state index in [2.05, 4.69) is 67.5 Å². The van der Waals surface area contributed by atoms with Crippen LogP contribution in [0.15, 0.2) is 48.5 Å². The van der Waals surface area contributed by atoms with Crippen LogP contribution in [0.25, 0.3) is 33.5 Å². The number of H-pyrrole nitrogens is 1. The Bertz CT molecular complexity index is 1690. The summed E-state index contributed by atoms with van der Waals surface area (Å²) in [5.41, 5.74) is 7.27. The molecule has 3 heterocycles. The molecule has 12 heteroatoms. The second-order valence-electron chi connectivity index (χ2n) is 11.4. The number of aromatic amines is 1. The molecule has 2 aromatic carbocycles. The van der Waals surface area contributed by atoms with E-state index in [1.807, 2.05) is 32.0 Å². The van der Waals surface area contributed by atoms with Crippen molar-refractivity contribution in [1.29, 1.82) is 0 Å². The first-order valence-corrected chi connectivity index (χ1v) is 15.1. The predicted octanol–water partition coefficient (Wildman–Crippen LogP) is 5.17. The zero-order valence-corrected chi connectivity index (χ0v) is 27.1. The molecule has 0 spiro atoms. The Morgan fingerprint density at radius 2 is 1.40 bits per heavy atom. The number of hydrogen-bond donors (Lipinski definition) is 1. The molecule has 5 rings (SSSR count). The Labute approximate surface area is 263 Å². The van der Waals surface area contributed by atoms with Crippen LogP contribution < -0.4 is 0 Å². The van der Waals surface area contributed by atoms with Gasteiger partial charge in [-0.1, -0.05) is 61.9 Å². The maximum Gasteiger partial charge on any atom is 0.205 e. The number of aromatic nitrogens is 8. The fraction of sp³-hybridized carbons (Fsp3) is 0.455. The lowest BCUT2D eigenvalue weighted by atomic mass is 9.98. The van der Waals surface area contributed by atoms with E-state index in [0.29, 0.717) is 30.9 Å². The lowest BCUT2D eigenvalue weighted by Crippen LogP contribution is -2.34. The second-order valence-corrected chi connectivity index (χ2v) is 11.4. The smallest absolute Gasteiger partial charge is 0.205 e. The predicted molar refractivity (Wildman–Crippen MR) is 170 cm³/mol. The van der Waals surface area contributed by atoms with Gasteiger partial charge in [0.05, 0.1) is 16.9 Å². The Morgan fingerprint density at radius 1 is 0.778 bits per heavy atom. The molecule has 12 nitrogen and oxygen atoms in total. The monoisotopic (exact) mass is 614 g/mol. The number of hydrogen-bond acceptors (Lipinski definition) is 10. The fourth-order valence-electron chi connectivity index (χ4n) is 5.38. The van der Waals surface area contributed by atoms with Crippen molar-refractivity contribution in [2.24, 2.45) is 0 Å². The van der Waals surface area contributed by atoms with Crippen molar-refractivity contribution >= 4 is 11.0 Å². The van der Waals surface area contributed by atoms with Gasteiger partial charge in [-0.15, -0.1) is 10.2 Å². The molecule has 3 aromatic heterocycles. The standard InChI is InChI=1S/C33H42N8O4/c1-8-9-14-28-34-29-26(19-32(2,42-4)43-5)35-36-27(20-33(3,44-6)45-7)30(29)41(28)21-22-15-17-23(18-16-22)24-12-10-11-13-25(24)31-37-39-40-38-31/h10-13,15-18H,8-9,14,19-21H2,1-7H3,(H,37,38,39,40). The lowest BCUT2D eigenvalue weighted by molar-refractivity contribution is -0.193. The number of unbranched alkanes of at least 4 members (excludes halogenated alkanes) is 1. The molecule has 0 atom stereocenters. The van der Waals surface area contributed by atoms with Crippen molar-refractivity contribution < 1.29 is 18.9 Å². The van der Waals surface area contributed by atoms with Crippen molar-refractivity contribution in [1.82, 2.24) is 40.4 Å². The molecule has 0 saturated carbocycles. The van der Waals surface area contributed by atoms with Crippen molar-refractivity contribution in [2.75, 3.05) is 28.4 Å². The van der Waals surface area contributed by atoms with Crippen molar-refractivity contribution in [3.63, 3.8) is 0 Å². The van der Waals surface area contributed by atoms with Gasteiger partial charge in [0.25, 0.3) is 0 Å². The number of methoxy groups -OCH3 is 4. The number of benzene rings is 2. The summed E-state index contributed by atoms with van der Waals surface area (Å²) < 4.78 is 25.1. The lowest BCUT2D eigenvalue weighted by Gasteiger charge is -2.27. The Hall–Kier alpha value is -4.10. The van der Waals surface area contributed by atoms with Gasteiger partial charge in [0.15, 0.2) is 11.6 Å². The van der Waals surface area contributed by atoms with Crippen LogP contribution in [0.1, 0.15) is 56.4 Å². The van der Waals surface area contributed by atoms with Gasteiger partial charge in [0, 0.05) is 59.8 Å². The number of aryl methyl sites for hydroxylation is 1. The Morgan fingerprint density at radius 3 is 2.00 bits per heavy atom. The van der Waals surface area contributed by atoms with Crippen LogP contribution in [0.3, 0.4) is 0 Å². The molecule has 238 valence electrons. The van der Waals surface area contributed by atoms with E-state index in [4.69, 9.17) is 29.0 Å². The van der Waals surface area contributed by atoms with Crippen molar-refractivity contribution in [2.45, 2.75) is 71.0 Å². The van der Waals surface area contributed by atoms with Crippen LogP contribution in [0.4, 0.5) is 0 Å². The molecule has 0 bridgehead atoms. The normalized spacial score (nSPS) is 12.3. The molecule has 1 N–H and O–H groups in total. The molecule has 0 unspecified atom stereocenters. The molecule has 0 aliphatic carbocycles. The van der Waals surface area contributed by atoms with Crippen molar-refractivity contribution in [3.05, 3.63) is 71.3 Å². The van der Waals surface area contributed by atoms with Gasteiger partial charge in [-0.25, -0.2) is 4.98 Å². The maximum atomic E-state index is 5.73. The van der Waals surface area contributed by atoms with Gasteiger partial charge < -0.3 is 23.5 Å². The highest BCUT2D eigenvalue weighted by molar-refractivity contribution is 5.82. The molecular formula is C33H42N8O4. The molecule has 45 heavy (non-hydrogen) atoms. The summed E-state index contributed by atoms with van der Waals surface area (Å²) in [5, 5.41) is 24.0. The molecular weight excluding hydrogens is 572 g/mol. The highest BCUT2D eigenvalue weighted by Crippen LogP contribution is 2.32. The molecule has 0 aliphatic heterocycles. The number of rotatable bonds is 15. The van der Waals surface area contributed by atoms with Crippen molar-refractivity contribution in [3.8, 4) is 22.5 Å². The number of fused-ring (bicyclic) bond motifs is 1. The summed E-state index contributed by atoms with van der Waals surface area (Å²) in [6, 6.07) is 16.6. The first kappa shape index (κ1) is 32.3. The highest BCUT2D eigenvalue weighted by atomic mass is 16.7. The first-order chi connectivity index (χ1) is 21.8. The summed E-state index contributed by atoms with van der Waals surface area (Å²) in [6.07, 6.45) is 3.64. The van der Waals surface area contributed by atoms with E-state index in [1.165, 1.54) is 0 Å². The molecule has 0 saturated heterocycles. The van der Waals surface area contributed by atoms with Crippen LogP contribution in [-0.4, -0.2) is 80.4 Å². The van der Waals surface area contributed by atoms with Gasteiger partial charge >= 0.3 is 0 Å². The summed E-state index contributed by atoms with van der Waals surface area (Å²) in [4.78, 5) is 5.19. The van der Waals surface area contributed by atoms with E-state index < -0.39 is 11.6 Å². The minimum Gasteiger partial charge on any atom is -0.353 e. The van der Waals surface area contributed by atoms with Gasteiger partial charge in [-0.05, 0) is 42.2 Å². The summed E-state index contributed by atoms with van der Waals surface area (Å²) >= 11 is 0. The van der Waals surface area contributed by atoms with Crippen LogP contribution in [-0.2, 0) is 44.8 Å². The van der Waals surface area contributed by atoms with E-state index in [9.17, 15) is 0 Å². The van der Waals surface area contributed by atoms with E-state index in [0.717, 1.165) is 64.1 Å². The number of tetrazole rings is 1. The average molecular weight is 615 g/mol. The third-order valence-electron chi connectivity index (χ3n) is 8.46. The molecule has 0 radical (unpaired) electrons. The summed E-state index contributed by atoms with van der Waals surface area (Å²) in [7, 11) is 6.52. The van der Waals surface area contributed by atoms with E-state index in [1.54, 1.807) is 28.4 Å². The van der Waals surface area contributed by atoms with Gasteiger partial charge in [0.2, 0.25) is 5.82 Å². The SMILES string of the molecule is CCCCc1nc2c(CC(C)(OC)OC)nnc(CC(C)(OC)OC)c2n1Cc1ccc(-c2ccccc2-c2nn[nH]n2)cc1. The molecule has 5 aromatic rings. The third-order valence-corrected chi connectivity index (χ3v) is 8.46. The molecule has 0 fully saturated rings. The topological polar surface area (TPSA) is 135 Å². The second kappa shape index (κ2) is 13.9. The fourth-order valence-corrected chi connectivity index (χ4v) is 5.38. The third kappa shape index (κ3) is 6.94. The van der Waals surface area contributed by atoms with Gasteiger partial charge in [0.1, 0.15) is 11.3 Å². The van der Waals surface area contributed by atoms with E-state index >= 15 is 0 Å². The molecule has 0 amide bonds. The zero-order chi connectivity index (χ0) is 32.0. The number of nitrogens with zero attached hydrogens (tertiary/aromatic N) is 7. The van der Waals surface area contributed by atoms with Gasteiger partial charge in [-0.2, -0.15) is 15.4 Å². The van der Waals surface area contributed by atoms with Crippen LogP contribution in [0.2, 0.25) is 0 Å². The zero-order valence-electron chi connectivity index (χ0n) is 27.1. The maximum absolute atomic E-state index is 5.73. The number of nitrogens with one attached hydrogen (secondary N) is 1. The Balaban J connectivity index is 1.60. The van der Waals surface area contributed by atoms with Crippen LogP contribution in [0.5, 0.6) is 0 Å². The quantitative estimate of drug-likeness (QED) is 0.157. The number of ether oxygens (including phenoxy) is 4. The van der Waals surface area contributed by atoms with Gasteiger partial charge in [-0.3, -0.25) is 0 Å².